The summed E-state index contributed by atoms with van der Waals surface area (Å²) in [4.78, 5) is 15.8. The first-order valence-corrected chi connectivity index (χ1v) is 6.70. The van der Waals surface area contributed by atoms with Crippen molar-refractivity contribution in [1.29, 1.82) is 0 Å². The molecule has 0 spiro atoms. The van der Waals surface area contributed by atoms with Gasteiger partial charge in [-0.05, 0) is 37.5 Å². The van der Waals surface area contributed by atoms with Crippen LogP contribution in [0.3, 0.4) is 0 Å². The monoisotopic (exact) mass is 257 g/mol. The van der Waals surface area contributed by atoms with Crippen LogP contribution in [0.4, 0.5) is 0 Å². The van der Waals surface area contributed by atoms with Crippen molar-refractivity contribution in [3.8, 4) is 0 Å². The Hall–Kier alpha value is -1.90. The highest BCUT2D eigenvalue weighted by Gasteiger charge is 2.18. The van der Waals surface area contributed by atoms with E-state index in [1.807, 2.05) is 44.2 Å². The van der Waals surface area contributed by atoms with E-state index >= 15 is 0 Å². The first-order valence-electron chi connectivity index (χ1n) is 6.70. The van der Waals surface area contributed by atoms with E-state index < -0.39 is 5.97 Å². The maximum Gasteiger partial charge on any atom is 0.306 e. The van der Waals surface area contributed by atoms with Gasteiger partial charge in [0.2, 0.25) is 0 Å². The van der Waals surface area contributed by atoms with Crippen LogP contribution >= 0.6 is 0 Å². The van der Waals surface area contributed by atoms with Gasteiger partial charge in [-0.1, -0.05) is 31.5 Å². The molecule has 1 N–H and O–H groups in total. The maximum atomic E-state index is 11.3. The lowest BCUT2D eigenvalue weighted by atomic mass is 9.93. The summed E-state index contributed by atoms with van der Waals surface area (Å²) in [6, 6.07) is 9.93. The van der Waals surface area contributed by atoms with Crippen LogP contribution in [0, 0.1) is 12.8 Å². The second-order valence-electron chi connectivity index (χ2n) is 4.97. The smallest absolute Gasteiger partial charge is 0.306 e. The fourth-order valence-corrected chi connectivity index (χ4v) is 2.49. The Bertz CT molecular complexity index is 592. The first-order chi connectivity index (χ1) is 9.11. The molecule has 2 aromatic rings. The minimum Gasteiger partial charge on any atom is -0.481 e. The number of benzene rings is 1. The van der Waals surface area contributed by atoms with Gasteiger partial charge in [0.05, 0.1) is 11.4 Å². The Labute approximate surface area is 113 Å². The highest BCUT2D eigenvalue weighted by molar-refractivity contribution is 5.83. The Morgan fingerprint density at radius 1 is 1.37 bits per heavy atom. The van der Waals surface area contributed by atoms with Crippen molar-refractivity contribution in [3.05, 3.63) is 41.6 Å². The van der Waals surface area contributed by atoms with Gasteiger partial charge in [-0.25, -0.2) is 0 Å². The number of hydrogen-bond donors (Lipinski definition) is 1. The van der Waals surface area contributed by atoms with Gasteiger partial charge in [-0.2, -0.15) is 0 Å². The largest absolute Gasteiger partial charge is 0.481 e. The summed E-state index contributed by atoms with van der Waals surface area (Å²) in [5, 5.41) is 10.4. The first kappa shape index (κ1) is 13.5. The van der Waals surface area contributed by atoms with Crippen molar-refractivity contribution in [1.82, 2.24) is 4.98 Å². The lowest BCUT2D eigenvalue weighted by Crippen LogP contribution is -2.16. The van der Waals surface area contributed by atoms with Crippen LogP contribution in [-0.2, 0) is 11.2 Å². The molecule has 0 amide bonds. The fourth-order valence-electron chi connectivity index (χ4n) is 2.49. The van der Waals surface area contributed by atoms with Gasteiger partial charge in [-0.3, -0.25) is 9.78 Å². The predicted octanol–water partition coefficient (Wildman–Crippen LogP) is 3.59. The average molecular weight is 257 g/mol. The zero-order chi connectivity index (χ0) is 13.8. The van der Waals surface area contributed by atoms with E-state index in [1.165, 1.54) is 0 Å². The van der Waals surface area contributed by atoms with Crippen LogP contribution in [0.25, 0.3) is 10.9 Å². The maximum absolute atomic E-state index is 11.3. The summed E-state index contributed by atoms with van der Waals surface area (Å²) >= 11 is 0. The molecule has 0 radical (unpaired) electrons. The lowest BCUT2D eigenvalue weighted by Gasteiger charge is -2.13. The summed E-state index contributed by atoms with van der Waals surface area (Å²) in [6.07, 6.45) is 2.18. The van der Waals surface area contributed by atoms with E-state index in [9.17, 15) is 9.90 Å². The molecule has 19 heavy (non-hydrogen) atoms. The van der Waals surface area contributed by atoms with Crippen LogP contribution in [0.2, 0.25) is 0 Å². The van der Waals surface area contributed by atoms with Gasteiger partial charge in [0.15, 0.2) is 0 Å². The number of carboxylic acids is 1. The number of hydrogen-bond acceptors (Lipinski definition) is 2. The molecule has 1 aromatic carbocycles. The van der Waals surface area contributed by atoms with E-state index in [0.29, 0.717) is 12.8 Å². The third-order valence-corrected chi connectivity index (χ3v) is 3.38. The second kappa shape index (κ2) is 5.83. The fraction of sp³-hybridized carbons (Fsp3) is 0.375. The standard InChI is InChI=1S/C16H19NO2/c1-3-6-12(16(18)19)10-13-9-11(2)17-15-8-5-4-7-14(13)15/h4-5,7-9,12H,3,6,10H2,1-2H3,(H,18,19). The van der Waals surface area contributed by atoms with Crippen LogP contribution in [0.15, 0.2) is 30.3 Å². The van der Waals surface area contributed by atoms with Gasteiger partial charge in [-0.15, -0.1) is 0 Å². The topological polar surface area (TPSA) is 50.2 Å². The van der Waals surface area contributed by atoms with Gasteiger partial charge in [0.1, 0.15) is 0 Å². The summed E-state index contributed by atoms with van der Waals surface area (Å²) < 4.78 is 0. The molecule has 0 aliphatic rings. The number of aryl methyl sites for hydroxylation is 1. The molecule has 0 saturated carbocycles. The third-order valence-electron chi connectivity index (χ3n) is 3.38. The minimum absolute atomic E-state index is 0.310. The summed E-state index contributed by atoms with van der Waals surface area (Å²) in [6.45, 7) is 3.97. The number of carbonyl (C=O) groups is 1. The molecule has 1 heterocycles. The van der Waals surface area contributed by atoms with Gasteiger partial charge >= 0.3 is 5.97 Å². The van der Waals surface area contributed by atoms with Crippen molar-refractivity contribution in [2.24, 2.45) is 5.92 Å². The molecule has 3 heteroatoms. The molecule has 0 saturated heterocycles. The van der Waals surface area contributed by atoms with Crippen molar-refractivity contribution in [2.75, 3.05) is 0 Å². The molecule has 1 aromatic heterocycles. The quantitative estimate of drug-likeness (QED) is 0.890. The summed E-state index contributed by atoms with van der Waals surface area (Å²) in [5.74, 6) is -1.02. The van der Waals surface area contributed by atoms with E-state index in [2.05, 4.69) is 4.98 Å². The number of para-hydroxylation sites is 1. The Morgan fingerprint density at radius 2 is 2.11 bits per heavy atom. The third kappa shape index (κ3) is 3.11. The average Bonchev–Trinajstić information content (AvgIpc) is 2.37. The number of rotatable bonds is 5. The molecule has 1 atom stereocenters. The van der Waals surface area contributed by atoms with E-state index in [1.54, 1.807) is 0 Å². The Balaban J connectivity index is 2.41. The molecule has 0 bridgehead atoms. The Kier molecular flexibility index (Phi) is 4.15. The number of nitrogens with zero attached hydrogens (tertiary/aromatic N) is 1. The molecule has 2 rings (SSSR count). The Morgan fingerprint density at radius 3 is 2.79 bits per heavy atom. The van der Waals surface area contributed by atoms with Crippen molar-refractivity contribution < 1.29 is 9.90 Å². The number of aliphatic carboxylic acids is 1. The molecule has 0 aliphatic carbocycles. The molecule has 0 aliphatic heterocycles. The summed E-state index contributed by atoms with van der Waals surface area (Å²) in [7, 11) is 0. The molecular weight excluding hydrogens is 238 g/mol. The van der Waals surface area contributed by atoms with E-state index in [-0.39, 0.29) is 5.92 Å². The van der Waals surface area contributed by atoms with Gasteiger partial charge in [0, 0.05) is 11.1 Å². The highest BCUT2D eigenvalue weighted by Crippen LogP contribution is 2.23. The molecule has 0 fully saturated rings. The molecule has 3 nitrogen and oxygen atoms in total. The molecular formula is C16H19NO2. The summed E-state index contributed by atoms with van der Waals surface area (Å²) in [5.41, 5.74) is 2.97. The van der Waals surface area contributed by atoms with Crippen molar-refractivity contribution in [3.63, 3.8) is 0 Å². The zero-order valence-electron chi connectivity index (χ0n) is 11.4. The van der Waals surface area contributed by atoms with Crippen LogP contribution in [0.1, 0.15) is 31.0 Å². The van der Waals surface area contributed by atoms with Gasteiger partial charge in [0.25, 0.3) is 0 Å². The highest BCUT2D eigenvalue weighted by atomic mass is 16.4. The number of fused-ring (bicyclic) bond motifs is 1. The van der Waals surface area contributed by atoms with Crippen molar-refractivity contribution >= 4 is 16.9 Å². The van der Waals surface area contributed by atoms with Crippen LogP contribution in [-0.4, -0.2) is 16.1 Å². The minimum atomic E-state index is -0.708. The van der Waals surface area contributed by atoms with E-state index in [4.69, 9.17) is 0 Å². The SMILES string of the molecule is CCCC(Cc1cc(C)nc2ccccc12)C(=O)O. The number of pyridine rings is 1. The van der Waals surface area contributed by atoms with Gasteiger partial charge < -0.3 is 5.11 Å². The van der Waals surface area contributed by atoms with E-state index in [0.717, 1.165) is 28.6 Å². The lowest BCUT2D eigenvalue weighted by molar-refractivity contribution is -0.141. The molecule has 1 unspecified atom stereocenters. The zero-order valence-corrected chi connectivity index (χ0v) is 11.4. The van der Waals surface area contributed by atoms with Crippen LogP contribution < -0.4 is 0 Å². The second-order valence-corrected chi connectivity index (χ2v) is 4.97. The van der Waals surface area contributed by atoms with Crippen molar-refractivity contribution in [2.45, 2.75) is 33.1 Å². The number of carboxylic acid groups (broad SMARTS) is 1. The molecule has 100 valence electrons. The number of aromatic nitrogens is 1. The predicted molar refractivity (Wildman–Crippen MR) is 76.2 cm³/mol. The normalized spacial score (nSPS) is 12.5. The van der Waals surface area contributed by atoms with Crippen LogP contribution in [0.5, 0.6) is 0 Å².